The van der Waals surface area contributed by atoms with Crippen molar-refractivity contribution >= 4 is 45.6 Å². The highest BCUT2D eigenvalue weighted by molar-refractivity contribution is 9.10. The van der Waals surface area contributed by atoms with Gasteiger partial charge in [-0.25, -0.2) is 0 Å². The van der Waals surface area contributed by atoms with E-state index in [1.54, 1.807) is 0 Å². The number of nitrogens with one attached hydrogen (secondary N) is 1. The Morgan fingerprint density at radius 1 is 1.47 bits per heavy atom. The molecule has 1 aliphatic carbocycles. The van der Waals surface area contributed by atoms with Crippen molar-refractivity contribution < 1.29 is 4.79 Å². The highest BCUT2D eigenvalue weighted by Crippen LogP contribution is 2.27. The van der Waals surface area contributed by atoms with Crippen molar-refractivity contribution in [1.82, 2.24) is 5.32 Å². The molecule has 1 aliphatic rings. The summed E-state index contributed by atoms with van der Waals surface area (Å²) in [6, 6.07) is 2.02. The zero-order valence-corrected chi connectivity index (χ0v) is 14.0. The van der Waals surface area contributed by atoms with Crippen molar-refractivity contribution in [3.63, 3.8) is 0 Å². The Balaban J connectivity index is 0.00000180. The van der Waals surface area contributed by atoms with Crippen molar-refractivity contribution in [1.29, 1.82) is 0 Å². The molecule has 0 bridgehead atoms. The Hall–Kier alpha value is -0.100. The molecule has 1 unspecified atom stereocenters. The van der Waals surface area contributed by atoms with Crippen LogP contribution < -0.4 is 11.1 Å². The first-order valence-corrected chi connectivity index (χ1v) is 8.13. The van der Waals surface area contributed by atoms with E-state index in [0.717, 1.165) is 9.35 Å². The summed E-state index contributed by atoms with van der Waals surface area (Å²) in [5.41, 5.74) is 5.82. The van der Waals surface area contributed by atoms with Gasteiger partial charge in [-0.2, -0.15) is 0 Å². The van der Waals surface area contributed by atoms with Crippen LogP contribution in [0.1, 0.15) is 41.8 Å². The average molecular weight is 368 g/mol. The normalized spacial score (nSPS) is 17.6. The van der Waals surface area contributed by atoms with E-state index >= 15 is 0 Å². The second-order valence-electron chi connectivity index (χ2n) is 4.81. The van der Waals surface area contributed by atoms with Crippen LogP contribution in [0.5, 0.6) is 0 Å². The fourth-order valence-electron chi connectivity index (χ4n) is 2.60. The molecule has 3 nitrogen and oxygen atoms in total. The second-order valence-corrected chi connectivity index (χ2v) is 6.58. The Bertz CT molecular complexity index is 407. The van der Waals surface area contributed by atoms with Crippen molar-refractivity contribution in [2.24, 2.45) is 11.7 Å². The van der Waals surface area contributed by atoms with Gasteiger partial charge in [0.05, 0.1) is 0 Å². The molecule has 1 aromatic heterocycles. The molecular weight excluding hydrogens is 348 g/mol. The maximum absolute atomic E-state index is 12.2. The lowest BCUT2D eigenvalue weighted by Crippen LogP contribution is -2.45. The minimum atomic E-state index is -0.00195. The van der Waals surface area contributed by atoms with Crippen LogP contribution in [0.15, 0.2) is 15.9 Å². The van der Waals surface area contributed by atoms with Crippen LogP contribution in [0.25, 0.3) is 0 Å². The highest BCUT2D eigenvalue weighted by Gasteiger charge is 2.25. The minimum absolute atomic E-state index is 0. The van der Waals surface area contributed by atoms with E-state index in [2.05, 4.69) is 21.2 Å². The van der Waals surface area contributed by atoms with Gasteiger partial charge in [-0.3, -0.25) is 4.79 Å². The molecule has 19 heavy (non-hydrogen) atoms. The Kier molecular flexibility index (Phi) is 7.36. The average Bonchev–Trinajstić information content (AvgIpc) is 2.83. The number of carbonyl (C=O) groups excluding carboxylic acids is 1. The van der Waals surface area contributed by atoms with Gasteiger partial charge in [0.15, 0.2) is 0 Å². The molecular formula is C13H20BrClN2OS. The fraction of sp³-hybridized carbons (Fsp3) is 0.615. The predicted octanol–water partition coefficient (Wildman–Crippen LogP) is 3.57. The molecule has 1 saturated carbocycles. The summed E-state index contributed by atoms with van der Waals surface area (Å²) >= 11 is 4.85. The van der Waals surface area contributed by atoms with E-state index < -0.39 is 0 Å². The largest absolute Gasteiger partial charge is 0.347 e. The molecule has 1 fully saturated rings. The molecule has 1 atom stereocenters. The van der Waals surface area contributed by atoms with Crippen LogP contribution in [0.2, 0.25) is 0 Å². The van der Waals surface area contributed by atoms with Crippen LogP contribution in [-0.2, 0) is 0 Å². The number of hydrogen-bond donors (Lipinski definition) is 2. The molecule has 1 heterocycles. The molecule has 3 N–H and O–H groups in total. The molecule has 6 heteroatoms. The van der Waals surface area contributed by atoms with Gasteiger partial charge >= 0.3 is 0 Å². The molecule has 0 spiro atoms. The first-order chi connectivity index (χ1) is 8.72. The quantitative estimate of drug-likeness (QED) is 0.854. The zero-order valence-electron chi connectivity index (χ0n) is 10.7. The maximum atomic E-state index is 12.2. The summed E-state index contributed by atoms with van der Waals surface area (Å²) in [5.74, 6) is 0.546. The van der Waals surface area contributed by atoms with Crippen molar-refractivity contribution in [2.75, 3.05) is 6.54 Å². The van der Waals surface area contributed by atoms with Gasteiger partial charge in [-0.05, 0) is 46.1 Å². The number of halogens is 2. The van der Waals surface area contributed by atoms with E-state index in [-0.39, 0.29) is 24.4 Å². The summed E-state index contributed by atoms with van der Waals surface area (Å²) in [6.07, 6.45) is 6.22. The Labute approximate surface area is 132 Å². The maximum Gasteiger partial charge on any atom is 0.262 e. The summed E-state index contributed by atoms with van der Waals surface area (Å²) in [7, 11) is 0. The molecule has 2 rings (SSSR count). The van der Waals surface area contributed by atoms with Crippen LogP contribution in [0.3, 0.4) is 0 Å². The fourth-order valence-corrected chi connectivity index (χ4v) is 4.05. The lowest BCUT2D eigenvalue weighted by atomic mass is 9.84. The topological polar surface area (TPSA) is 55.1 Å². The first-order valence-electron chi connectivity index (χ1n) is 6.46. The predicted molar refractivity (Wildman–Crippen MR) is 86.2 cm³/mol. The third-order valence-electron chi connectivity index (χ3n) is 3.61. The minimum Gasteiger partial charge on any atom is -0.347 e. The second kappa shape index (κ2) is 8.25. The summed E-state index contributed by atoms with van der Waals surface area (Å²) in [6.45, 7) is 0.527. The zero-order chi connectivity index (χ0) is 13.0. The molecule has 1 amide bonds. The third-order valence-corrected chi connectivity index (χ3v) is 5.45. The van der Waals surface area contributed by atoms with E-state index in [9.17, 15) is 4.79 Å². The van der Waals surface area contributed by atoms with Gasteiger partial charge < -0.3 is 11.1 Å². The van der Waals surface area contributed by atoms with Crippen LogP contribution in [0, 0.1) is 5.92 Å². The number of hydrogen-bond acceptors (Lipinski definition) is 3. The van der Waals surface area contributed by atoms with E-state index in [1.165, 1.54) is 43.4 Å². The third kappa shape index (κ3) is 4.45. The lowest BCUT2D eigenvalue weighted by Gasteiger charge is -2.30. The smallest absolute Gasteiger partial charge is 0.262 e. The van der Waals surface area contributed by atoms with E-state index in [1.807, 2.05) is 11.4 Å². The standard InChI is InChI=1S/C13H19BrN2OS.ClH/c14-10-6-7-18-12(10)13(17)16-11(8-15)9-4-2-1-3-5-9;/h6-7,9,11H,1-5,8,15H2,(H,16,17);1H. The molecule has 1 aromatic rings. The summed E-state index contributed by atoms with van der Waals surface area (Å²) in [5, 5.41) is 5.01. The van der Waals surface area contributed by atoms with E-state index in [0.29, 0.717) is 12.5 Å². The molecule has 0 saturated heterocycles. The number of thiophene rings is 1. The lowest BCUT2D eigenvalue weighted by molar-refractivity contribution is 0.0919. The van der Waals surface area contributed by atoms with Crippen molar-refractivity contribution in [2.45, 2.75) is 38.1 Å². The number of amides is 1. The molecule has 0 aliphatic heterocycles. The Morgan fingerprint density at radius 2 is 2.16 bits per heavy atom. The van der Waals surface area contributed by atoms with Gasteiger partial charge in [0, 0.05) is 17.1 Å². The van der Waals surface area contributed by atoms with Gasteiger partial charge in [0.2, 0.25) is 0 Å². The highest BCUT2D eigenvalue weighted by atomic mass is 79.9. The summed E-state index contributed by atoms with van der Waals surface area (Å²) in [4.78, 5) is 12.9. The molecule has 108 valence electrons. The van der Waals surface area contributed by atoms with Crippen LogP contribution >= 0.6 is 39.7 Å². The molecule has 0 aromatic carbocycles. The number of rotatable bonds is 4. The summed E-state index contributed by atoms with van der Waals surface area (Å²) < 4.78 is 0.865. The van der Waals surface area contributed by atoms with Crippen molar-refractivity contribution in [3.05, 3.63) is 20.8 Å². The van der Waals surface area contributed by atoms with Gasteiger partial charge in [0.1, 0.15) is 4.88 Å². The van der Waals surface area contributed by atoms with Gasteiger partial charge in [-0.15, -0.1) is 23.7 Å². The van der Waals surface area contributed by atoms with Gasteiger partial charge in [0.25, 0.3) is 5.91 Å². The van der Waals surface area contributed by atoms with Crippen LogP contribution in [-0.4, -0.2) is 18.5 Å². The van der Waals surface area contributed by atoms with Crippen molar-refractivity contribution in [3.8, 4) is 0 Å². The van der Waals surface area contributed by atoms with E-state index in [4.69, 9.17) is 5.73 Å². The number of carbonyl (C=O) groups is 1. The number of nitrogens with two attached hydrogens (primary N) is 1. The SMILES string of the molecule is Cl.NCC(NC(=O)c1sccc1Br)C1CCCCC1. The Morgan fingerprint density at radius 3 is 2.68 bits per heavy atom. The first kappa shape index (κ1) is 17.0. The monoisotopic (exact) mass is 366 g/mol. The molecule has 0 radical (unpaired) electrons. The van der Waals surface area contributed by atoms with Crippen LogP contribution in [0.4, 0.5) is 0 Å². The van der Waals surface area contributed by atoms with Gasteiger partial charge in [-0.1, -0.05) is 19.3 Å².